The van der Waals surface area contributed by atoms with E-state index in [4.69, 9.17) is 0 Å². The molecule has 1 rings (SSSR count). The van der Waals surface area contributed by atoms with Crippen LogP contribution < -0.4 is 5.32 Å². The van der Waals surface area contributed by atoms with E-state index in [0.717, 1.165) is 5.92 Å². The van der Waals surface area contributed by atoms with Crippen LogP contribution in [-0.4, -0.2) is 12.6 Å². The molecule has 1 aliphatic rings. The van der Waals surface area contributed by atoms with Crippen molar-refractivity contribution in [2.75, 3.05) is 6.54 Å². The third-order valence-corrected chi connectivity index (χ3v) is 4.29. The fraction of sp³-hybridized carbons (Fsp3) is 1.00. The predicted molar refractivity (Wildman–Crippen MR) is 72.7 cm³/mol. The molecule has 0 amide bonds. The van der Waals surface area contributed by atoms with E-state index in [0.29, 0.717) is 11.5 Å². The molecule has 16 heavy (non-hydrogen) atoms. The van der Waals surface area contributed by atoms with Gasteiger partial charge in [-0.15, -0.1) is 0 Å². The Kier molecular flexibility index (Phi) is 5.82. The molecule has 0 radical (unpaired) electrons. The molecule has 0 saturated heterocycles. The molecule has 0 spiro atoms. The van der Waals surface area contributed by atoms with Crippen LogP contribution >= 0.6 is 0 Å². The summed E-state index contributed by atoms with van der Waals surface area (Å²) in [7, 11) is 0. The first-order valence-electron chi connectivity index (χ1n) is 7.29. The molecular formula is C15H31N. The lowest BCUT2D eigenvalue weighted by molar-refractivity contribution is 0.132. The van der Waals surface area contributed by atoms with Crippen molar-refractivity contribution in [1.29, 1.82) is 0 Å². The summed E-state index contributed by atoms with van der Waals surface area (Å²) in [5.74, 6) is 0.965. The zero-order chi connectivity index (χ0) is 12.0. The lowest BCUT2D eigenvalue weighted by atomic mass is 9.68. The highest BCUT2D eigenvalue weighted by atomic mass is 14.9. The molecule has 1 atom stereocenters. The van der Waals surface area contributed by atoms with E-state index in [-0.39, 0.29) is 0 Å². The molecule has 1 saturated carbocycles. The molecule has 0 bridgehead atoms. The third-order valence-electron chi connectivity index (χ3n) is 4.29. The number of hydrogen-bond acceptors (Lipinski definition) is 1. The lowest BCUT2D eigenvalue weighted by Crippen LogP contribution is -2.36. The van der Waals surface area contributed by atoms with Crippen molar-refractivity contribution >= 4 is 0 Å². The molecule has 0 aromatic heterocycles. The molecule has 1 heteroatoms. The Balaban J connectivity index is 2.36. The topological polar surface area (TPSA) is 12.0 Å². The van der Waals surface area contributed by atoms with Gasteiger partial charge in [-0.1, -0.05) is 40.0 Å². The average molecular weight is 225 g/mol. The summed E-state index contributed by atoms with van der Waals surface area (Å²) in [5, 5.41) is 3.63. The van der Waals surface area contributed by atoms with Crippen LogP contribution in [-0.2, 0) is 0 Å². The first-order chi connectivity index (χ1) is 7.56. The van der Waals surface area contributed by atoms with Crippen LogP contribution in [0.15, 0.2) is 0 Å². The van der Waals surface area contributed by atoms with E-state index >= 15 is 0 Å². The van der Waals surface area contributed by atoms with Gasteiger partial charge in [-0.3, -0.25) is 0 Å². The van der Waals surface area contributed by atoms with Crippen LogP contribution in [0.5, 0.6) is 0 Å². The zero-order valence-electron chi connectivity index (χ0n) is 11.8. The van der Waals surface area contributed by atoms with Crippen molar-refractivity contribution in [1.82, 2.24) is 5.32 Å². The second-order valence-corrected chi connectivity index (χ2v) is 6.38. The highest BCUT2D eigenvalue weighted by molar-refractivity contribution is 4.84. The van der Waals surface area contributed by atoms with Crippen molar-refractivity contribution < 1.29 is 0 Å². The van der Waals surface area contributed by atoms with Gasteiger partial charge in [0.15, 0.2) is 0 Å². The summed E-state index contributed by atoms with van der Waals surface area (Å²) in [6.07, 6.45) is 9.90. The zero-order valence-corrected chi connectivity index (χ0v) is 11.8. The van der Waals surface area contributed by atoms with Crippen LogP contribution in [0.3, 0.4) is 0 Å². The van der Waals surface area contributed by atoms with Crippen LogP contribution in [0.2, 0.25) is 0 Å². The summed E-state index contributed by atoms with van der Waals surface area (Å²) in [4.78, 5) is 0. The Morgan fingerprint density at radius 1 is 1.19 bits per heavy atom. The minimum absolute atomic E-state index is 0.528. The summed E-state index contributed by atoms with van der Waals surface area (Å²) in [6, 6.07) is 0.678. The standard InChI is InChI=1S/C15H31N/c1-5-11-16-13(2)12-15(3,4)14-9-7-6-8-10-14/h13-14,16H,5-12H2,1-4H3. The smallest absolute Gasteiger partial charge is 0.00439 e. The Morgan fingerprint density at radius 2 is 1.81 bits per heavy atom. The molecule has 1 N–H and O–H groups in total. The van der Waals surface area contributed by atoms with Gasteiger partial charge in [0.1, 0.15) is 0 Å². The number of hydrogen-bond donors (Lipinski definition) is 1. The molecule has 1 fully saturated rings. The van der Waals surface area contributed by atoms with Gasteiger partial charge in [0.25, 0.3) is 0 Å². The van der Waals surface area contributed by atoms with Crippen molar-refractivity contribution in [3.05, 3.63) is 0 Å². The highest BCUT2D eigenvalue weighted by Gasteiger charge is 2.31. The van der Waals surface area contributed by atoms with Crippen molar-refractivity contribution in [3.63, 3.8) is 0 Å². The van der Waals surface area contributed by atoms with Gasteiger partial charge in [0, 0.05) is 6.04 Å². The molecule has 1 nitrogen and oxygen atoms in total. The Labute approximate surface area is 102 Å². The van der Waals surface area contributed by atoms with E-state index in [1.807, 2.05) is 0 Å². The molecule has 0 aromatic rings. The van der Waals surface area contributed by atoms with Gasteiger partial charge in [0.2, 0.25) is 0 Å². The molecule has 0 aliphatic heterocycles. The SMILES string of the molecule is CCCNC(C)CC(C)(C)C1CCCCC1. The maximum atomic E-state index is 3.63. The van der Waals surface area contributed by atoms with Gasteiger partial charge < -0.3 is 5.32 Å². The third kappa shape index (κ3) is 4.45. The van der Waals surface area contributed by atoms with Gasteiger partial charge in [-0.25, -0.2) is 0 Å². The fourth-order valence-corrected chi connectivity index (χ4v) is 3.30. The minimum atomic E-state index is 0.528. The molecular weight excluding hydrogens is 194 g/mol. The molecule has 0 heterocycles. The largest absolute Gasteiger partial charge is 0.314 e. The number of rotatable bonds is 6. The maximum Gasteiger partial charge on any atom is 0.00439 e. The van der Waals surface area contributed by atoms with Crippen LogP contribution in [0.25, 0.3) is 0 Å². The molecule has 0 aromatic carbocycles. The average Bonchev–Trinajstić information content (AvgIpc) is 2.27. The summed E-state index contributed by atoms with van der Waals surface area (Å²) in [5.41, 5.74) is 0.528. The van der Waals surface area contributed by atoms with Crippen LogP contribution in [0, 0.1) is 11.3 Å². The summed E-state index contributed by atoms with van der Waals surface area (Å²) < 4.78 is 0. The van der Waals surface area contributed by atoms with E-state index < -0.39 is 0 Å². The lowest BCUT2D eigenvalue weighted by Gasteiger charge is -2.39. The Hall–Kier alpha value is -0.0400. The normalized spacial score (nSPS) is 21.0. The summed E-state index contributed by atoms with van der Waals surface area (Å²) in [6.45, 7) is 10.7. The second-order valence-electron chi connectivity index (χ2n) is 6.38. The fourth-order valence-electron chi connectivity index (χ4n) is 3.30. The van der Waals surface area contributed by atoms with Crippen molar-refractivity contribution in [3.8, 4) is 0 Å². The van der Waals surface area contributed by atoms with Gasteiger partial charge in [-0.2, -0.15) is 0 Å². The Morgan fingerprint density at radius 3 is 2.38 bits per heavy atom. The van der Waals surface area contributed by atoms with Gasteiger partial charge in [0.05, 0.1) is 0 Å². The van der Waals surface area contributed by atoms with Gasteiger partial charge >= 0.3 is 0 Å². The van der Waals surface area contributed by atoms with E-state index in [1.54, 1.807) is 0 Å². The van der Waals surface area contributed by atoms with Crippen molar-refractivity contribution in [2.45, 2.75) is 78.7 Å². The van der Waals surface area contributed by atoms with Crippen LogP contribution in [0.1, 0.15) is 72.6 Å². The first-order valence-corrected chi connectivity index (χ1v) is 7.29. The maximum absolute atomic E-state index is 3.63. The highest BCUT2D eigenvalue weighted by Crippen LogP contribution is 2.41. The van der Waals surface area contributed by atoms with Gasteiger partial charge in [-0.05, 0) is 50.5 Å². The second kappa shape index (κ2) is 6.64. The molecule has 96 valence electrons. The molecule has 1 unspecified atom stereocenters. The summed E-state index contributed by atoms with van der Waals surface area (Å²) >= 11 is 0. The minimum Gasteiger partial charge on any atom is -0.314 e. The van der Waals surface area contributed by atoms with E-state index in [2.05, 4.69) is 33.0 Å². The monoisotopic (exact) mass is 225 g/mol. The molecule has 1 aliphatic carbocycles. The van der Waals surface area contributed by atoms with Crippen LogP contribution in [0.4, 0.5) is 0 Å². The first kappa shape index (κ1) is 14.0. The van der Waals surface area contributed by atoms with E-state index in [1.165, 1.54) is 51.5 Å². The Bertz CT molecular complexity index is 180. The van der Waals surface area contributed by atoms with Crippen molar-refractivity contribution in [2.24, 2.45) is 11.3 Å². The number of nitrogens with one attached hydrogen (secondary N) is 1. The predicted octanol–water partition coefficient (Wildman–Crippen LogP) is 4.37. The quantitative estimate of drug-likeness (QED) is 0.708. The van der Waals surface area contributed by atoms with E-state index in [9.17, 15) is 0 Å².